The van der Waals surface area contributed by atoms with Crippen LogP contribution in [-0.4, -0.2) is 37.1 Å². The molecule has 3 heterocycles. The fraction of sp³-hybridized carbons (Fsp3) is 0. The second-order valence-corrected chi connectivity index (χ2v) is 6.44. The molecule has 0 aliphatic carbocycles. The van der Waals surface area contributed by atoms with Crippen molar-refractivity contribution in [2.75, 3.05) is 0 Å². The van der Waals surface area contributed by atoms with E-state index in [9.17, 15) is 14.7 Å². The molecular formula is C23H15N3O4. The molecule has 1 aromatic carbocycles. The number of rotatable bonds is 5. The number of carbonyl (C=O) groups is 2. The quantitative estimate of drug-likeness (QED) is 0.517. The van der Waals surface area contributed by atoms with E-state index in [0.29, 0.717) is 22.6 Å². The van der Waals surface area contributed by atoms with Crippen LogP contribution in [0.15, 0.2) is 79.0 Å². The summed E-state index contributed by atoms with van der Waals surface area (Å²) < 4.78 is 0. The van der Waals surface area contributed by atoms with Gasteiger partial charge in [0.05, 0.1) is 17.1 Å². The molecule has 4 rings (SSSR count). The third kappa shape index (κ3) is 3.90. The first kappa shape index (κ1) is 18.9. The predicted octanol–water partition coefficient (Wildman–Crippen LogP) is 4.27. The molecule has 0 radical (unpaired) electrons. The van der Waals surface area contributed by atoms with E-state index in [1.807, 2.05) is 30.3 Å². The summed E-state index contributed by atoms with van der Waals surface area (Å²) in [5.41, 5.74) is 3.69. The van der Waals surface area contributed by atoms with Gasteiger partial charge in [-0.1, -0.05) is 36.4 Å². The molecule has 4 aromatic rings. The Labute approximate surface area is 171 Å². The molecule has 0 saturated carbocycles. The van der Waals surface area contributed by atoms with Crippen LogP contribution in [0.25, 0.3) is 33.8 Å². The number of aromatic nitrogens is 3. The summed E-state index contributed by atoms with van der Waals surface area (Å²) in [5, 5.41) is 18.6. The topological polar surface area (TPSA) is 113 Å². The molecule has 3 aromatic heterocycles. The molecule has 0 spiro atoms. The number of carboxylic acids is 2. The molecule has 7 heteroatoms. The van der Waals surface area contributed by atoms with Crippen molar-refractivity contribution in [1.29, 1.82) is 0 Å². The summed E-state index contributed by atoms with van der Waals surface area (Å²) in [6.07, 6.45) is 1.62. The van der Waals surface area contributed by atoms with Crippen molar-refractivity contribution in [2.24, 2.45) is 0 Å². The van der Waals surface area contributed by atoms with Gasteiger partial charge in [-0.2, -0.15) is 0 Å². The lowest BCUT2D eigenvalue weighted by Crippen LogP contribution is -2.02. The summed E-state index contributed by atoms with van der Waals surface area (Å²) in [6.45, 7) is 0. The largest absolute Gasteiger partial charge is 0.477 e. The van der Waals surface area contributed by atoms with Gasteiger partial charge in [0.1, 0.15) is 11.4 Å². The van der Waals surface area contributed by atoms with E-state index in [-0.39, 0.29) is 11.4 Å². The van der Waals surface area contributed by atoms with Gasteiger partial charge in [-0.25, -0.2) is 19.6 Å². The maximum atomic E-state index is 11.6. The first-order valence-corrected chi connectivity index (χ1v) is 8.99. The van der Waals surface area contributed by atoms with Crippen LogP contribution >= 0.6 is 0 Å². The lowest BCUT2D eigenvalue weighted by Gasteiger charge is -2.08. The Morgan fingerprint density at radius 3 is 1.93 bits per heavy atom. The van der Waals surface area contributed by atoms with Crippen LogP contribution in [0, 0.1) is 0 Å². The van der Waals surface area contributed by atoms with E-state index >= 15 is 0 Å². The van der Waals surface area contributed by atoms with Crippen molar-refractivity contribution in [3.8, 4) is 33.8 Å². The molecule has 146 valence electrons. The Bertz CT molecular complexity index is 1240. The maximum absolute atomic E-state index is 11.6. The maximum Gasteiger partial charge on any atom is 0.354 e. The second kappa shape index (κ2) is 7.92. The molecule has 2 N–H and O–H groups in total. The third-order valence-electron chi connectivity index (χ3n) is 4.45. The normalized spacial score (nSPS) is 10.5. The molecule has 0 bridgehead atoms. The molecule has 30 heavy (non-hydrogen) atoms. The van der Waals surface area contributed by atoms with Crippen LogP contribution in [-0.2, 0) is 0 Å². The molecule has 7 nitrogen and oxygen atoms in total. The molecule has 0 fully saturated rings. The SMILES string of the molecule is O=C(O)c1cccc(-c2ccc(-c3cc(C(=O)O)nc(-c4ccccn4)c3)cc2)n1. The smallest absolute Gasteiger partial charge is 0.354 e. The predicted molar refractivity (Wildman–Crippen MR) is 110 cm³/mol. The zero-order valence-corrected chi connectivity index (χ0v) is 15.6. The Hall–Kier alpha value is -4.39. The van der Waals surface area contributed by atoms with E-state index in [1.165, 1.54) is 12.1 Å². The second-order valence-electron chi connectivity index (χ2n) is 6.44. The molecule has 0 atom stereocenters. The minimum Gasteiger partial charge on any atom is -0.477 e. The van der Waals surface area contributed by atoms with Gasteiger partial charge in [0.15, 0.2) is 0 Å². The molecule has 0 saturated heterocycles. The minimum absolute atomic E-state index is 0.0307. The van der Waals surface area contributed by atoms with Gasteiger partial charge < -0.3 is 10.2 Å². The molecule has 0 aliphatic rings. The Morgan fingerprint density at radius 1 is 0.600 bits per heavy atom. The number of benzene rings is 1. The van der Waals surface area contributed by atoms with E-state index in [1.54, 1.807) is 36.5 Å². The van der Waals surface area contributed by atoms with Gasteiger partial charge in [0, 0.05) is 11.8 Å². The third-order valence-corrected chi connectivity index (χ3v) is 4.45. The van der Waals surface area contributed by atoms with E-state index in [2.05, 4.69) is 15.0 Å². The highest BCUT2D eigenvalue weighted by Crippen LogP contribution is 2.27. The first-order chi connectivity index (χ1) is 14.5. The summed E-state index contributed by atoms with van der Waals surface area (Å²) >= 11 is 0. The number of pyridine rings is 3. The van der Waals surface area contributed by atoms with Crippen LogP contribution < -0.4 is 0 Å². The number of aromatic carboxylic acids is 2. The Kier molecular flexibility index (Phi) is 5.00. The highest BCUT2D eigenvalue weighted by Gasteiger charge is 2.13. The first-order valence-electron chi connectivity index (χ1n) is 8.99. The summed E-state index contributed by atoms with van der Waals surface area (Å²) in [4.78, 5) is 35.3. The fourth-order valence-corrected chi connectivity index (χ4v) is 3.00. The van der Waals surface area contributed by atoms with Gasteiger partial charge in [0.2, 0.25) is 0 Å². The van der Waals surface area contributed by atoms with Crippen LogP contribution in [0.3, 0.4) is 0 Å². The fourth-order valence-electron chi connectivity index (χ4n) is 3.00. The average molecular weight is 397 g/mol. The van der Waals surface area contributed by atoms with E-state index in [4.69, 9.17) is 5.11 Å². The lowest BCUT2D eigenvalue weighted by atomic mass is 10.0. The average Bonchev–Trinajstić information content (AvgIpc) is 2.79. The monoisotopic (exact) mass is 397 g/mol. The van der Waals surface area contributed by atoms with Crippen LogP contribution in [0.2, 0.25) is 0 Å². The molecular weight excluding hydrogens is 382 g/mol. The Balaban J connectivity index is 1.74. The lowest BCUT2D eigenvalue weighted by molar-refractivity contribution is 0.0680. The van der Waals surface area contributed by atoms with Crippen molar-refractivity contribution in [3.63, 3.8) is 0 Å². The zero-order chi connectivity index (χ0) is 21.1. The number of hydrogen-bond donors (Lipinski definition) is 2. The number of carboxylic acid groups (broad SMARTS) is 2. The highest BCUT2D eigenvalue weighted by molar-refractivity contribution is 5.89. The van der Waals surface area contributed by atoms with Crippen LogP contribution in [0.4, 0.5) is 0 Å². The molecule has 0 aliphatic heterocycles. The van der Waals surface area contributed by atoms with Gasteiger partial charge in [-0.05, 0) is 47.5 Å². The van der Waals surface area contributed by atoms with Crippen molar-refractivity contribution in [3.05, 3.63) is 90.4 Å². The van der Waals surface area contributed by atoms with Crippen LogP contribution in [0.5, 0.6) is 0 Å². The summed E-state index contributed by atoms with van der Waals surface area (Å²) in [5.74, 6) is -2.21. The van der Waals surface area contributed by atoms with Crippen molar-refractivity contribution in [2.45, 2.75) is 0 Å². The van der Waals surface area contributed by atoms with Gasteiger partial charge in [-0.3, -0.25) is 4.98 Å². The summed E-state index contributed by atoms with van der Waals surface area (Å²) in [6, 6.07) is 20.7. The standard InChI is InChI=1S/C23H15N3O4/c27-22(28)19-6-3-5-17(25-19)15-9-7-14(8-10-15)16-12-20(18-4-1-2-11-24-18)26-21(13-16)23(29)30/h1-13H,(H,27,28)(H,29,30). The van der Waals surface area contributed by atoms with Gasteiger partial charge in [0.25, 0.3) is 0 Å². The van der Waals surface area contributed by atoms with E-state index in [0.717, 1.165) is 11.1 Å². The van der Waals surface area contributed by atoms with Crippen molar-refractivity contribution >= 4 is 11.9 Å². The van der Waals surface area contributed by atoms with Gasteiger partial charge in [-0.15, -0.1) is 0 Å². The Morgan fingerprint density at radius 2 is 1.27 bits per heavy atom. The van der Waals surface area contributed by atoms with Gasteiger partial charge >= 0.3 is 11.9 Å². The number of hydrogen-bond acceptors (Lipinski definition) is 5. The zero-order valence-electron chi connectivity index (χ0n) is 15.6. The molecule has 0 unspecified atom stereocenters. The summed E-state index contributed by atoms with van der Waals surface area (Å²) in [7, 11) is 0. The van der Waals surface area contributed by atoms with E-state index < -0.39 is 11.9 Å². The minimum atomic E-state index is -1.12. The van der Waals surface area contributed by atoms with Crippen molar-refractivity contribution in [1.82, 2.24) is 15.0 Å². The van der Waals surface area contributed by atoms with Crippen LogP contribution in [0.1, 0.15) is 21.0 Å². The number of nitrogens with zero attached hydrogens (tertiary/aromatic N) is 3. The highest BCUT2D eigenvalue weighted by atomic mass is 16.4. The molecule has 0 amide bonds. The van der Waals surface area contributed by atoms with Crippen molar-refractivity contribution < 1.29 is 19.8 Å².